The van der Waals surface area contributed by atoms with Crippen molar-refractivity contribution in [3.63, 3.8) is 0 Å². The molecule has 2 aromatic carbocycles. The number of aromatic carboxylic acids is 1. The summed E-state index contributed by atoms with van der Waals surface area (Å²) in [5.41, 5.74) is 1.29. The van der Waals surface area contributed by atoms with Crippen LogP contribution < -0.4 is 5.11 Å². The van der Waals surface area contributed by atoms with Crippen molar-refractivity contribution in [2.75, 3.05) is 0 Å². The third kappa shape index (κ3) is 1.93. The van der Waals surface area contributed by atoms with Crippen molar-refractivity contribution < 1.29 is 14.3 Å². The molecule has 0 saturated heterocycles. The third-order valence-electron chi connectivity index (χ3n) is 2.30. The van der Waals surface area contributed by atoms with Crippen molar-refractivity contribution in [1.82, 2.24) is 0 Å². The lowest BCUT2D eigenvalue weighted by molar-refractivity contribution is -0.254. The van der Waals surface area contributed by atoms with Crippen LogP contribution in [-0.2, 0) is 0 Å². The molecule has 2 aromatic rings. The zero-order valence-electron chi connectivity index (χ0n) is 8.31. The van der Waals surface area contributed by atoms with Gasteiger partial charge in [-0.25, -0.2) is 4.39 Å². The summed E-state index contributed by atoms with van der Waals surface area (Å²) < 4.78 is 12.7. The maximum Gasteiger partial charge on any atom is 0.123 e. The van der Waals surface area contributed by atoms with E-state index in [0.29, 0.717) is 11.1 Å². The average Bonchev–Trinajstić information content (AvgIpc) is 2.30. The van der Waals surface area contributed by atoms with Crippen LogP contribution >= 0.6 is 0 Å². The molecular weight excluding hydrogens is 207 g/mol. The molecule has 2 rings (SSSR count). The lowest BCUT2D eigenvalue weighted by atomic mass is 10.00. The van der Waals surface area contributed by atoms with E-state index in [1.807, 2.05) is 0 Å². The van der Waals surface area contributed by atoms with Crippen LogP contribution in [0.15, 0.2) is 48.5 Å². The molecule has 0 heterocycles. The molecule has 0 spiro atoms. The van der Waals surface area contributed by atoms with E-state index in [4.69, 9.17) is 0 Å². The maximum atomic E-state index is 12.7. The molecule has 0 saturated carbocycles. The van der Waals surface area contributed by atoms with Crippen molar-refractivity contribution >= 4 is 5.97 Å². The second kappa shape index (κ2) is 4.14. The Morgan fingerprint density at radius 1 is 1.00 bits per heavy atom. The van der Waals surface area contributed by atoms with Gasteiger partial charge in [-0.2, -0.15) is 0 Å². The number of carboxylic acids is 1. The molecule has 0 bridgehead atoms. The first-order valence-corrected chi connectivity index (χ1v) is 4.75. The lowest BCUT2D eigenvalue weighted by Crippen LogP contribution is -2.22. The summed E-state index contributed by atoms with van der Waals surface area (Å²) in [6.07, 6.45) is 0. The summed E-state index contributed by atoms with van der Waals surface area (Å²) in [4.78, 5) is 10.9. The van der Waals surface area contributed by atoms with Gasteiger partial charge in [0.2, 0.25) is 0 Å². The number of carbonyl (C=O) groups excluding carboxylic acids is 1. The largest absolute Gasteiger partial charge is 0.545 e. The summed E-state index contributed by atoms with van der Waals surface area (Å²) in [6, 6.07) is 12.1. The number of benzene rings is 2. The first kappa shape index (κ1) is 10.4. The van der Waals surface area contributed by atoms with Gasteiger partial charge >= 0.3 is 0 Å². The molecule has 0 aromatic heterocycles. The van der Waals surface area contributed by atoms with Crippen LogP contribution in [-0.4, -0.2) is 5.97 Å². The molecule has 2 nitrogen and oxygen atoms in total. The molecule has 0 atom stereocenters. The molecular formula is C13H8FO2-. The van der Waals surface area contributed by atoms with Crippen LogP contribution in [0.2, 0.25) is 0 Å². The molecule has 0 fully saturated rings. The standard InChI is InChI=1S/C13H9FO2/c14-10-7-5-9(6-8-10)11-3-1-2-4-12(11)13(15)16/h1-8H,(H,15,16)/p-1. The third-order valence-corrected chi connectivity index (χ3v) is 2.30. The van der Waals surface area contributed by atoms with Crippen LogP contribution in [0.25, 0.3) is 11.1 Å². The Kier molecular flexibility index (Phi) is 2.68. The van der Waals surface area contributed by atoms with Crippen LogP contribution in [0, 0.1) is 5.82 Å². The van der Waals surface area contributed by atoms with Crippen LogP contribution in [0.4, 0.5) is 4.39 Å². The topological polar surface area (TPSA) is 40.1 Å². The Labute approximate surface area is 92.0 Å². The first-order chi connectivity index (χ1) is 7.68. The second-order valence-corrected chi connectivity index (χ2v) is 3.34. The number of halogens is 1. The van der Waals surface area contributed by atoms with Gasteiger partial charge in [-0.05, 0) is 23.3 Å². The summed E-state index contributed by atoms with van der Waals surface area (Å²) in [6.45, 7) is 0. The number of carbonyl (C=O) groups is 1. The van der Waals surface area contributed by atoms with Crippen molar-refractivity contribution in [3.8, 4) is 11.1 Å². The van der Waals surface area contributed by atoms with E-state index in [2.05, 4.69) is 0 Å². The molecule has 80 valence electrons. The first-order valence-electron chi connectivity index (χ1n) is 4.75. The number of hydrogen-bond donors (Lipinski definition) is 0. The predicted octanol–water partition coefficient (Wildman–Crippen LogP) is 1.86. The Morgan fingerprint density at radius 2 is 1.62 bits per heavy atom. The highest BCUT2D eigenvalue weighted by atomic mass is 19.1. The normalized spacial score (nSPS) is 10.1. The van der Waals surface area contributed by atoms with Gasteiger partial charge in [-0.15, -0.1) is 0 Å². The van der Waals surface area contributed by atoms with Crippen LogP contribution in [0.5, 0.6) is 0 Å². The SMILES string of the molecule is O=C([O-])c1ccccc1-c1ccc(F)cc1. The molecule has 0 N–H and O–H groups in total. The monoisotopic (exact) mass is 215 g/mol. The minimum Gasteiger partial charge on any atom is -0.545 e. The van der Waals surface area contributed by atoms with E-state index in [1.54, 1.807) is 18.2 Å². The molecule has 0 amide bonds. The van der Waals surface area contributed by atoms with E-state index < -0.39 is 5.97 Å². The highest BCUT2D eigenvalue weighted by Crippen LogP contribution is 2.23. The number of hydrogen-bond acceptors (Lipinski definition) is 2. The molecule has 0 radical (unpaired) electrons. The van der Waals surface area contributed by atoms with Gasteiger partial charge in [-0.1, -0.05) is 36.4 Å². The van der Waals surface area contributed by atoms with Crippen molar-refractivity contribution in [1.29, 1.82) is 0 Å². The molecule has 0 unspecified atom stereocenters. The van der Waals surface area contributed by atoms with E-state index in [-0.39, 0.29) is 11.4 Å². The number of carboxylic acid groups (broad SMARTS) is 1. The summed E-state index contributed by atoms with van der Waals surface area (Å²) in [5, 5.41) is 10.9. The highest BCUT2D eigenvalue weighted by molar-refractivity contribution is 5.94. The predicted molar refractivity (Wildman–Crippen MR) is 56.2 cm³/mol. The number of rotatable bonds is 2. The molecule has 0 aliphatic heterocycles. The summed E-state index contributed by atoms with van der Waals surface area (Å²) in [7, 11) is 0. The van der Waals surface area contributed by atoms with Gasteiger partial charge in [-0.3, -0.25) is 0 Å². The van der Waals surface area contributed by atoms with Gasteiger partial charge in [0, 0.05) is 5.56 Å². The Hall–Kier alpha value is -2.16. The smallest absolute Gasteiger partial charge is 0.123 e. The zero-order chi connectivity index (χ0) is 11.5. The van der Waals surface area contributed by atoms with Gasteiger partial charge in [0.05, 0.1) is 5.97 Å². The van der Waals surface area contributed by atoms with Crippen LogP contribution in [0.3, 0.4) is 0 Å². The van der Waals surface area contributed by atoms with Gasteiger partial charge < -0.3 is 9.90 Å². The summed E-state index contributed by atoms with van der Waals surface area (Å²) in [5.74, 6) is -1.59. The van der Waals surface area contributed by atoms with Gasteiger partial charge in [0.15, 0.2) is 0 Å². The Bertz CT molecular complexity index is 518. The molecule has 16 heavy (non-hydrogen) atoms. The quantitative estimate of drug-likeness (QED) is 0.767. The fourth-order valence-corrected chi connectivity index (χ4v) is 1.54. The van der Waals surface area contributed by atoms with E-state index >= 15 is 0 Å². The lowest BCUT2D eigenvalue weighted by Gasteiger charge is -2.09. The zero-order valence-corrected chi connectivity index (χ0v) is 8.31. The molecule has 0 aliphatic rings. The van der Waals surface area contributed by atoms with Gasteiger partial charge in [0.1, 0.15) is 5.82 Å². The van der Waals surface area contributed by atoms with Crippen molar-refractivity contribution in [3.05, 3.63) is 59.9 Å². The Morgan fingerprint density at radius 3 is 2.25 bits per heavy atom. The summed E-state index contributed by atoms with van der Waals surface area (Å²) >= 11 is 0. The molecule has 3 heteroatoms. The van der Waals surface area contributed by atoms with E-state index in [9.17, 15) is 14.3 Å². The fraction of sp³-hybridized carbons (Fsp3) is 0. The fourth-order valence-electron chi connectivity index (χ4n) is 1.54. The molecule has 0 aliphatic carbocycles. The Balaban J connectivity index is 2.55. The van der Waals surface area contributed by atoms with Crippen LogP contribution in [0.1, 0.15) is 10.4 Å². The highest BCUT2D eigenvalue weighted by Gasteiger charge is 2.04. The second-order valence-electron chi connectivity index (χ2n) is 3.34. The maximum absolute atomic E-state index is 12.7. The average molecular weight is 215 g/mol. The van der Waals surface area contributed by atoms with Gasteiger partial charge in [0.25, 0.3) is 0 Å². The van der Waals surface area contributed by atoms with Crippen molar-refractivity contribution in [2.45, 2.75) is 0 Å². The minimum absolute atomic E-state index is 0.106. The van der Waals surface area contributed by atoms with E-state index in [0.717, 1.165) is 0 Å². The van der Waals surface area contributed by atoms with E-state index in [1.165, 1.54) is 30.3 Å². The minimum atomic E-state index is -1.24. The van der Waals surface area contributed by atoms with Crippen molar-refractivity contribution in [2.24, 2.45) is 0 Å².